The number of carbonyl (C=O) groups is 1. The van der Waals surface area contributed by atoms with E-state index >= 15 is 0 Å². The standard InChI is InChI=1S/C18H19N5O3S/c1-11-4-5-12(8-19-11)15(24)21-16-22-23-17(27-16)26-10-14-7-6-13(9-20-14)18(2,3)25/h4-9,25H,10H2,1-3H3,(H,21,22,24). The third-order valence-electron chi connectivity index (χ3n) is 3.68. The quantitative estimate of drug-likeness (QED) is 0.671. The molecule has 140 valence electrons. The number of hydrogen-bond acceptors (Lipinski definition) is 8. The Hall–Kier alpha value is -2.91. The minimum atomic E-state index is -0.939. The van der Waals surface area contributed by atoms with E-state index in [4.69, 9.17) is 4.74 Å². The van der Waals surface area contributed by atoms with Crippen molar-refractivity contribution in [2.45, 2.75) is 33.0 Å². The molecule has 0 aliphatic rings. The van der Waals surface area contributed by atoms with E-state index in [1.54, 1.807) is 44.3 Å². The highest BCUT2D eigenvalue weighted by atomic mass is 32.1. The number of aromatic nitrogens is 4. The third kappa shape index (κ3) is 5.05. The Labute approximate surface area is 160 Å². The summed E-state index contributed by atoms with van der Waals surface area (Å²) in [6.07, 6.45) is 3.12. The summed E-state index contributed by atoms with van der Waals surface area (Å²) in [6.45, 7) is 5.45. The Morgan fingerprint density at radius 1 is 1.19 bits per heavy atom. The zero-order valence-corrected chi connectivity index (χ0v) is 15.9. The van der Waals surface area contributed by atoms with Crippen LogP contribution in [0.3, 0.4) is 0 Å². The highest BCUT2D eigenvalue weighted by Gasteiger charge is 2.16. The fourth-order valence-electron chi connectivity index (χ4n) is 2.10. The number of nitrogens with one attached hydrogen (secondary N) is 1. The zero-order chi connectivity index (χ0) is 19.4. The van der Waals surface area contributed by atoms with Gasteiger partial charge in [-0.25, -0.2) is 0 Å². The van der Waals surface area contributed by atoms with Crippen molar-refractivity contribution in [1.82, 2.24) is 20.2 Å². The van der Waals surface area contributed by atoms with E-state index in [0.717, 1.165) is 22.6 Å². The molecule has 2 N–H and O–H groups in total. The van der Waals surface area contributed by atoms with Crippen molar-refractivity contribution in [1.29, 1.82) is 0 Å². The van der Waals surface area contributed by atoms with Gasteiger partial charge in [-0.2, -0.15) is 0 Å². The molecule has 0 aliphatic heterocycles. The van der Waals surface area contributed by atoms with Crippen LogP contribution in [-0.2, 0) is 12.2 Å². The van der Waals surface area contributed by atoms with Crippen molar-refractivity contribution >= 4 is 22.4 Å². The summed E-state index contributed by atoms with van der Waals surface area (Å²) >= 11 is 1.12. The van der Waals surface area contributed by atoms with E-state index in [-0.39, 0.29) is 12.5 Å². The molecule has 0 atom stereocenters. The van der Waals surface area contributed by atoms with Crippen LogP contribution in [0, 0.1) is 6.92 Å². The monoisotopic (exact) mass is 385 g/mol. The predicted octanol–water partition coefficient (Wildman–Crippen LogP) is 2.70. The fraction of sp³-hybridized carbons (Fsp3) is 0.278. The van der Waals surface area contributed by atoms with Gasteiger partial charge in [0.2, 0.25) is 5.13 Å². The van der Waals surface area contributed by atoms with Gasteiger partial charge in [-0.15, -0.1) is 5.10 Å². The maximum absolute atomic E-state index is 12.1. The number of ether oxygens (including phenoxy) is 1. The third-order valence-corrected chi connectivity index (χ3v) is 4.43. The molecule has 0 saturated carbocycles. The van der Waals surface area contributed by atoms with Crippen LogP contribution < -0.4 is 10.1 Å². The first kappa shape index (κ1) is 18.9. The topological polar surface area (TPSA) is 110 Å². The van der Waals surface area contributed by atoms with E-state index in [0.29, 0.717) is 21.6 Å². The van der Waals surface area contributed by atoms with Crippen molar-refractivity contribution in [2.75, 3.05) is 5.32 Å². The van der Waals surface area contributed by atoms with Crippen molar-refractivity contribution in [3.63, 3.8) is 0 Å². The summed E-state index contributed by atoms with van der Waals surface area (Å²) in [5, 5.41) is 21.0. The summed E-state index contributed by atoms with van der Waals surface area (Å²) in [4.78, 5) is 20.5. The van der Waals surface area contributed by atoms with Crippen LogP contribution in [0.5, 0.6) is 5.19 Å². The molecule has 3 aromatic rings. The summed E-state index contributed by atoms with van der Waals surface area (Å²) in [5.74, 6) is -0.311. The molecule has 3 aromatic heterocycles. The summed E-state index contributed by atoms with van der Waals surface area (Å²) in [5.41, 5.74) is 1.75. The van der Waals surface area contributed by atoms with Gasteiger partial charge in [-0.3, -0.25) is 20.1 Å². The van der Waals surface area contributed by atoms with E-state index in [1.165, 1.54) is 6.20 Å². The molecule has 0 radical (unpaired) electrons. The molecular formula is C18H19N5O3S. The first-order valence-electron chi connectivity index (χ1n) is 8.19. The first-order chi connectivity index (χ1) is 12.8. The molecule has 0 spiro atoms. The molecule has 0 fully saturated rings. The van der Waals surface area contributed by atoms with Crippen molar-refractivity contribution in [3.05, 3.63) is 59.2 Å². The second-order valence-electron chi connectivity index (χ2n) is 6.40. The SMILES string of the molecule is Cc1ccc(C(=O)Nc2nnc(OCc3ccc(C(C)(C)O)cn3)s2)cn1. The number of nitrogens with zero attached hydrogens (tertiary/aromatic N) is 4. The number of carbonyl (C=O) groups excluding carboxylic acids is 1. The summed E-state index contributed by atoms with van der Waals surface area (Å²) in [6, 6.07) is 7.04. The Kier molecular flexibility index (Phi) is 5.43. The average molecular weight is 385 g/mol. The molecule has 1 amide bonds. The number of pyridine rings is 2. The minimum Gasteiger partial charge on any atom is -0.462 e. The van der Waals surface area contributed by atoms with Crippen LogP contribution in [0.25, 0.3) is 0 Å². The number of anilines is 1. The van der Waals surface area contributed by atoms with Gasteiger partial charge in [-0.1, -0.05) is 11.2 Å². The summed E-state index contributed by atoms with van der Waals surface area (Å²) < 4.78 is 5.56. The van der Waals surface area contributed by atoms with Crippen LogP contribution in [0.2, 0.25) is 0 Å². The van der Waals surface area contributed by atoms with Gasteiger partial charge in [-0.05, 0) is 50.3 Å². The van der Waals surface area contributed by atoms with E-state index < -0.39 is 5.60 Å². The molecule has 0 bridgehead atoms. The molecule has 3 heterocycles. The minimum absolute atomic E-state index is 0.205. The highest BCUT2D eigenvalue weighted by molar-refractivity contribution is 7.17. The second-order valence-corrected chi connectivity index (χ2v) is 7.34. The van der Waals surface area contributed by atoms with Gasteiger partial charge in [0, 0.05) is 23.7 Å². The number of rotatable bonds is 6. The van der Waals surface area contributed by atoms with Crippen molar-refractivity contribution in [2.24, 2.45) is 0 Å². The molecule has 8 nitrogen and oxygen atoms in total. The van der Waals surface area contributed by atoms with Gasteiger partial charge in [0.1, 0.15) is 6.61 Å². The lowest BCUT2D eigenvalue weighted by Crippen LogP contribution is -2.16. The van der Waals surface area contributed by atoms with Gasteiger partial charge in [0.15, 0.2) is 0 Å². The van der Waals surface area contributed by atoms with Gasteiger partial charge in [0.05, 0.1) is 16.9 Å². The Morgan fingerprint density at radius 3 is 2.63 bits per heavy atom. The fourth-order valence-corrected chi connectivity index (χ4v) is 2.69. The molecule has 27 heavy (non-hydrogen) atoms. The van der Waals surface area contributed by atoms with Gasteiger partial charge >= 0.3 is 0 Å². The Bertz CT molecular complexity index is 917. The normalized spacial score (nSPS) is 11.3. The van der Waals surface area contributed by atoms with Crippen LogP contribution in [0.1, 0.15) is 41.2 Å². The maximum atomic E-state index is 12.1. The largest absolute Gasteiger partial charge is 0.462 e. The van der Waals surface area contributed by atoms with Crippen LogP contribution in [-0.4, -0.2) is 31.2 Å². The van der Waals surface area contributed by atoms with E-state index in [2.05, 4.69) is 25.5 Å². The van der Waals surface area contributed by atoms with Crippen LogP contribution >= 0.6 is 11.3 Å². The lowest BCUT2D eigenvalue weighted by atomic mass is 10.0. The van der Waals surface area contributed by atoms with Crippen molar-refractivity contribution in [3.8, 4) is 5.19 Å². The number of hydrogen-bond donors (Lipinski definition) is 2. The van der Waals surface area contributed by atoms with Gasteiger partial charge < -0.3 is 9.84 Å². The molecular weight excluding hydrogens is 366 g/mol. The number of aryl methyl sites for hydroxylation is 1. The predicted molar refractivity (Wildman–Crippen MR) is 101 cm³/mol. The zero-order valence-electron chi connectivity index (χ0n) is 15.1. The number of amides is 1. The first-order valence-corrected chi connectivity index (χ1v) is 9.01. The van der Waals surface area contributed by atoms with Crippen LogP contribution in [0.4, 0.5) is 5.13 Å². The van der Waals surface area contributed by atoms with Gasteiger partial charge in [0.25, 0.3) is 11.1 Å². The maximum Gasteiger partial charge on any atom is 0.296 e. The second kappa shape index (κ2) is 7.77. The smallest absolute Gasteiger partial charge is 0.296 e. The van der Waals surface area contributed by atoms with Crippen LogP contribution in [0.15, 0.2) is 36.7 Å². The lowest BCUT2D eigenvalue weighted by molar-refractivity contribution is 0.0781. The molecule has 0 unspecified atom stereocenters. The average Bonchev–Trinajstić information content (AvgIpc) is 3.07. The molecule has 0 aromatic carbocycles. The van der Waals surface area contributed by atoms with E-state index in [9.17, 15) is 9.90 Å². The molecule has 9 heteroatoms. The summed E-state index contributed by atoms with van der Waals surface area (Å²) in [7, 11) is 0. The van der Waals surface area contributed by atoms with Crippen molar-refractivity contribution < 1.29 is 14.6 Å². The Morgan fingerprint density at radius 2 is 2.00 bits per heavy atom. The molecule has 0 saturated heterocycles. The molecule has 0 aliphatic carbocycles. The number of aliphatic hydroxyl groups is 1. The lowest BCUT2D eigenvalue weighted by Gasteiger charge is -2.17. The van der Waals surface area contributed by atoms with E-state index in [1.807, 2.05) is 6.92 Å². The highest BCUT2D eigenvalue weighted by Crippen LogP contribution is 2.24. The Balaban J connectivity index is 1.56. The molecule has 3 rings (SSSR count).